The summed E-state index contributed by atoms with van der Waals surface area (Å²) in [4.78, 5) is 18.6. The Balaban J connectivity index is 1.53. The molecule has 1 aromatic carbocycles. The molecule has 132 valence electrons. The van der Waals surface area contributed by atoms with E-state index in [9.17, 15) is 4.79 Å². The number of likely N-dealkylation sites (tertiary alicyclic amines) is 1. The van der Waals surface area contributed by atoms with Gasteiger partial charge in [0.2, 0.25) is 5.88 Å². The maximum absolute atomic E-state index is 12.6. The van der Waals surface area contributed by atoms with E-state index < -0.39 is 0 Å². The predicted octanol–water partition coefficient (Wildman–Crippen LogP) is 3.55. The molecule has 0 radical (unpaired) electrons. The molecule has 2 heterocycles. The van der Waals surface area contributed by atoms with Gasteiger partial charge >= 0.3 is 0 Å². The van der Waals surface area contributed by atoms with Crippen LogP contribution in [-0.4, -0.2) is 41.6 Å². The van der Waals surface area contributed by atoms with Crippen molar-refractivity contribution in [2.24, 2.45) is 0 Å². The van der Waals surface area contributed by atoms with Crippen LogP contribution in [0.15, 0.2) is 48.7 Å². The maximum Gasteiger partial charge on any atom is 0.253 e. The second kappa shape index (κ2) is 8.51. The standard InChI is InChI=1S/C20H24N2O3/c1-2-3-14-24-17-9-7-16(8-10-17)20(23)22-13-11-18(15-22)25-19-6-4-5-12-21-19/h4-10,12,18H,2-3,11,13-15H2,1H3. The van der Waals surface area contributed by atoms with Gasteiger partial charge in [0.25, 0.3) is 5.91 Å². The fourth-order valence-corrected chi connectivity index (χ4v) is 2.81. The Morgan fingerprint density at radius 2 is 2.08 bits per heavy atom. The number of hydrogen-bond donors (Lipinski definition) is 0. The van der Waals surface area contributed by atoms with Gasteiger partial charge in [0.15, 0.2) is 0 Å². The molecule has 1 aliphatic rings. The Hall–Kier alpha value is -2.56. The molecule has 1 amide bonds. The average molecular weight is 340 g/mol. The van der Waals surface area contributed by atoms with Crippen LogP contribution in [0.2, 0.25) is 0 Å². The summed E-state index contributed by atoms with van der Waals surface area (Å²) < 4.78 is 11.5. The number of amides is 1. The second-order valence-corrected chi connectivity index (χ2v) is 6.17. The number of pyridine rings is 1. The lowest BCUT2D eigenvalue weighted by Crippen LogP contribution is -2.31. The number of carbonyl (C=O) groups is 1. The molecule has 0 N–H and O–H groups in total. The first-order valence-electron chi connectivity index (χ1n) is 8.86. The molecule has 5 heteroatoms. The summed E-state index contributed by atoms with van der Waals surface area (Å²) in [7, 11) is 0. The highest BCUT2D eigenvalue weighted by atomic mass is 16.5. The van der Waals surface area contributed by atoms with Gasteiger partial charge in [-0.3, -0.25) is 4.79 Å². The van der Waals surface area contributed by atoms with Crippen LogP contribution in [0.1, 0.15) is 36.5 Å². The van der Waals surface area contributed by atoms with Crippen molar-refractivity contribution in [3.05, 3.63) is 54.2 Å². The Labute approximate surface area is 148 Å². The third kappa shape index (κ3) is 4.72. The lowest BCUT2D eigenvalue weighted by molar-refractivity contribution is 0.0771. The van der Waals surface area contributed by atoms with Crippen LogP contribution in [0.4, 0.5) is 0 Å². The molecule has 1 unspecified atom stereocenters. The lowest BCUT2D eigenvalue weighted by atomic mass is 10.2. The summed E-state index contributed by atoms with van der Waals surface area (Å²) >= 11 is 0. The molecule has 1 fully saturated rings. The van der Waals surface area contributed by atoms with Gasteiger partial charge in [-0.1, -0.05) is 19.4 Å². The van der Waals surface area contributed by atoms with Crippen LogP contribution in [0.3, 0.4) is 0 Å². The molecule has 2 aromatic rings. The first-order valence-corrected chi connectivity index (χ1v) is 8.86. The summed E-state index contributed by atoms with van der Waals surface area (Å²) in [6, 6.07) is 13.0. The van der Waals surface area contributed by atoms with E-state index in [0.29, 0.717) is 31.1 Å². The second-order valence-electron chi connectivity index (χ2n) is 6.17. The number of ether oxygens (including phenoxy) is 2. The van der Waals surface area contributed by atoms with Crippen LogP contribution in [0.5, 0.6) is 11.6 Å². The van der Waals surface area contributed by atoms with Gasteiger partial charge in [0.05, 0.1) is 13.2 Å². The van der Waals surface area contributed by atoms with Crippen molar-refractivity contribution in [2.75, 3.05) is 19.7 Å². The van der Waals surface area contributed by atoms with Gasteiger partial charge in [-0.25, -0.2) is 4.98 Å². The first kappa shape index (κ1) is 17.3. The molecule has 0 saturated carbocycles. The quantitative estimate of drug-likeness (QED) is 0.723. The van der Waals surface area contributed by atoms with Crippen molar-refractivity contribution in [1.29, 1.82) is 0 Å². The average Bonchev–Trinajstić information content (AvgIpc) is 3.11. The zero-order chi connectivity index (χ0) is 17.5. The Morgan fingerprint density at radius 1 is 1.24 bits per heavy atom. The van der Waals surface area contributed by atoms with Gasteiger partial charge in [-0.05, 0) is 36.8 Å². The zero-order valence-corrected chi connectivity index (χ0v) is 14.6. The highest BCUT2D eigenvalue weighted by Gasteiger charge is 2.28. The van der Waals surface area contributed by atoms with Gasteiger partial charge in [0.1, 0.15) is 11.9 Å². The number of benzene rings is 1. The van der Waals surface area contributed by atoms with Crippen molar-refractivity contribution in [1.82, 2.24) is 9.88 Å². The number of hydrogen-bond acceptors (Lipinski definition) is 4. The minimum Gasteiger partial charge on any atom is -0.494 e. The number of aromatic nitrogens is 1. The molecule has 5 nitrogen and oxygen atoms in total. The number of carbonyl (C=O) groups excluding carboxylic acids is 1. The van der Waals surface area contributed by atoms with Crippen molar-refractivity contribution in [2.45, 2.75) is 32.3 Å². The molecule has 0 bridgehead atoms. The fourth-order valence-electron chi connectivity index (χ4n) is 2.81. The highest BCUT2D eigenvalue weighted by molar-refractivity contribution is 5.94. The van der Waals surface area contributed by atoms with Gasteiger partial charge in [-0.15, -0.1) is 0 Å². The molecule has 3 rings (SSSR count). The predicted molar refractivity (Wildman–Crippen MR) is 96.0 cm³/mol. The fraction of sp³-hybridized carbons (Fsp3) is 0.400. The molecule has 1 atom stereocenters. The molecule has 0 aliphatic carbocycles. The maximum atomic E-state index is 12.6. The summed E-state index contributed by atoms with van der Waals surface area (Å²) in [6.07, 6.45) is 4.66. The number of unbranched alkanes of at least 4 members (excludes halogenated alkanes) is 1. The van der Waals surface area contributed by atoms with E-state index in [1.165, 1.54) is 0 Å². The Kier molecular flexibility index (Phi) is 5.88. The zero-order valence-electron chi connectivity index (χ0n) is 14.6. The monoisotopic (exact) mass is 340 g/mol. The van der Waals surface area contributed by atoms with Crippen LogP contribution >= 0.6 is 0 Å². The Bertz CT molecular complexity index is 673. The smallest absolute Gasteiger partial charge is 0.253 e. The largest absolute Gasteiger partial charge is 0.494 e. The summed E-state index contributed by atoms with van der Waals surface area (Å²) in [5, 5.41) is 0. The van der Waals surface area contributed by atoms with Crippen LogP contribution in [0.25, 0.3) is 0 Å². The summed E-state index contributed by atoms with van der Waals surface area (Å²) in [5.74, 6) is 1.45. The SMILES string of the molecule is CCCCOc1ccc(C(=O)N2CCC(Oc3ccccn3)C2)cc1. The van der Waals surface area contributed by atoms with Crippen LogP contribution in [-0.2, 0) is 0 Å². The first-order chi connectivity index (χ1) is 12.3. The van der Waals surface area contributed by atoms with Crippen molar-refractivity contribution < 1.29 is 14.3 Å². The van der Waals surface area contributed by atoms with E-state index in [4.69, 9.17) is 9.47 Å². The normalized spacial score (nSPS) is 16.7. The molecule has 1 aliphatic heterocycles. The van der Waals surface area contributed by atoms with Gasteiger partial charge in [0, 0.05) is 30.8 Å². The third-order valence-corrected chi connectivity index (χ3v) is 4.23. The number of rotatable bonds is 7. The molecule has 25 heavy (non-hydrogen) atoms. The van der Waals surface area contributed by atoms with Crippen molar-refractivity contribution in [3.63, 3.8) is 0 Å². The Morgan fingerprint density at radius 3 is 2.80 bits per heavy atom. The minimum absolute atomic E-state index is 0.00417. The van der Waals surface area contributed by atoms with Crippen LogP contribution in [0, 0.1) is 0 Å². The molecule has 1 aromatic heterocycles. The molecule has 0 spiro atoms. The van der Waals surface area contributed by atoms with E-state index in [1.807, 2.05) is 47.4 Å². The lowest BCUT2D eigenvalue weighted by Gasteiger charge is -2.17. The van der Waals surface area contributed by atoms with Gasteiger partial charge < -0.3 is 14.4 Å². The number of nitrogens with zero attached hydrogens (tertiary/aromatic N) is 2. The van der Waals surface area contributed by atoms with E-state index in [2.05, 4.69) is 11.9 Å². The summed E-state index contributed by atoms with van der Waals surface area (Å²) in [5.41, 5.74) is 0.682. The van der Waals surface area contributed by atoms with Crippen molar-refractivity contribution >= 4 is 5.91 Å². The van der Waals surface area contributed by atoms with E-state index in [-0.39, 0.29) is 12.0 Å². The van der Waals surface area contributed by atoms with E-state index >= 15 is 0 Å². The van der Waals surface area contributed by atoms with E-state index in [1.54, 1.807) is 6.20 Å². The molecular weight excluding hydrogens is 316 g/mol. The summed E-state index contributed by atoms with van der Waals surface area (Å²) in [6.45, 7) is 4.13. The van der Waals surface area contributed by atoms with Gasteiger partial charge in [-0.2, -0.15) is 0 Å². The molecule has 1 saturated heterocycles. The topological polar surface area (TPSA) is 51.7 Å². The van der Waals surface area contributed by atoms with E-state index in [0.717, 1.165) is 25.0 Å². The minimum atomic E-state index is -0.00417. The van der Waals surface area contributed by atoms with Crippen LogP contribution < -0.4 is 9.47 Å². The molecular formula is C20H24N2O3. The highest BCUT2D eigenvalue weighted by Crippen LogP contribution is 2.20. The third-order valence-electron chi connectivity index (χ3n) is 4.23. The van der Waals surface area contributed by atoms with Crippen molar-refractivity contribution in [3.8, 4) is 11.6 Å².